The second-order valence-corrected chi connectivity index (χ2v) is 5.92. The Morgan fingerprint density at radius 3 is 2.65 bits per heavy atom. The molecule has 1 aliphatic carbocycles. The van der Waals surface area contributed by atoms with E-state index >= 15 is 0 Å². The van der Waals surface area contributed by atoms with E-state index in [1.807, 2.05) is 0 Å². The quantitative estimate of drug-likeness (QED) is 0.788. The summed E-state index contributed by atoms with van der Waals surface area (Å²) >= 11 is 3.58. The molecular weight excluding hydrogens is 274 g/mol. The maximum absolute atomic E-state index is 3.58. The van der Waals surface area contributed by atoms with Crippen molar-refractivity contribution in [3.63, 3.8) is 0 Å². The molecule has 0 saturated heterocycles. The Labute approximate surface area is 113 Å². The lowest BCUT2D eigenvalue weighted by Crippen LogP contribution is -2.19. The van der Waals surface area contributed by atoms with Crippen LogP contribution in [0.3, 0.4) is 0 Å². The summed E-state index contributed by atoms with van der Waals surface area (Å²) in [4.78, 5) is 0. The SMILES string of the molecule is Brc1ccccc1CNCCC1CCCCC1. The number of benzene rings is 1. The van der Waals surface area contributed by atoms with Crippen molar-refractivity contribution in [3.05, 3.63) is 34.3 Å². The van der Waals surface area contributed by atoms with Gasteiger partial charge < -0.3 is 5.32 Å². The first kappa shape index (κ1) is 13.1. The van der Waals surface area contributed by atoms with Gasteiger partial charge in [0.25, 0.3) is 0 Å². The van der Waals surface area contributed by atoms with Crippen LogP contribution in [0.5, 0.6) is 0 Å². The molecule has 0 unspecified atom stereocenters. The van der Waals surface area contributed by atoms with Gasteiger partial charge >= 0.3 is 0 Å². The number of hydrogen-bond donors (Lipinski definition) is 1. The third kappa shape index (κ3) is 4.44. The summed E-state index contributed by atoms with van der Waals surface area (Å²) in [6.07, 6.45) is 8.63. The van der Waals surface area contributed by atoms with Crippen LogP contribution in [0.15, 0.2) is 28.7 Å². The van der Waals surface area contributed by atoms with Crippen LogP contribution in [0.2, 0.25) is 0 Å². The fourth-order valence-electron chi connectivity index (χ4n) is 2.65. The molecule has 0 aliphatic heterocycles. The minimum atomic E-state index is 0.980. The monoisotopic (exact) mass is 295 g/mol. The summed E-state index contributed by atoms with van der Waals surface area (Å²) in [5.74, 6) is 0.982. The molecule has 1 N–H and O–H groups in total. The van der Waals surface area contributed by atoms with Gasteiger partial charge in [-0.25, -0.2) is 0 Å². The zero-order chi connectivity index (χ0) is 11.9. The van der Waals surface area contributed by atoms with Crippen molar-refractivity contribution in [2.45, 2.75) is 45.1 Å². The van der Waals surface area contributed by atoms with E-state index < -0.39 is 0 Å². The first-order valence-corrected chi connectivity index (χ1v) is 7.59. The molecule has 1 aliphatic rings. The van der Waals surface area contributed by atoms with Crippen molar-refractivity contribution in [1.82, 2.24) is 5.32 Å². The third-order valence-electron chi connectivity index (χ3n) is 3.73. The van der Waals surface area contributed by atoms with Crippen LogP contribution in [-0.2, 0) is 6.54 Å². The van der Waals surface area contributed by atoms with E-state index in [0.29, 0.717) is 0 Å². The molecule has 1 fully saturated rings. The van der Waals surface area contributed by atoms with Crippen molar-refractivity contribution in [2.75, 3.05) is 6.54 Å². The molecule has 0 atom stereocenters. The standard InChI is InChI=1S/C15H22BrN/c16-15-9-5-4-8-14(15)12-17-11-10-13-6-2-1-3-7-13/h4-5,8-9,13,17H,1-3,6-7,10-12H2. The van der Waals surface area contributed by atoms with Gasteiger partial charge in [-0.15, -0.1) is 0 Å². The maximum Gasteiger partial charge on any atom is 0.0220 e. The molecule has 0 aromatic heterocycles. The van der Waals surface area contributed by atoms with Crippen LogP contribution in [0.25, 0.3) is 0 Å². The zero-order valence-electron chi connectivity index (χ0n) is 10.4. The Balaban J connectivity index is 1.64. The molecule has 1 saturated carbocycles. The molecule has 17 heavy (non-hydrogen) atoms. The highest BCUT2D eigenvalue weighted by molar-refractivity contribution is 9.10. The molecule has 0 heterocycles. The highest BCUT2D eigenvalue weighted by Gasteiger charge is 2.12. The number of halogens is 1. The van der Waals surface area contributed by atoms with Gasteiger partial charge in [0.15, 0.2) is 0 Å². The highest BCUT2D eigenvalue weighted by Crippen LogP contribution is 2.25. The van der Waals surface area contributed by atoms with Crippen molar-refractivity contribution >= 4 is 15.9 Å². The molecule has 1 nitrogen and oxygen atoms in total. The lowest BCUT2D eigenvalue weighted by atomic mass is 9.87. The highest BCUT2D eigenvalue weighted by atomic mass is 79.9. The lowest BCUT2D eigenvalue weighted by Gasteiger charge is -2.21. The van der Waals surface area contributed by atoms with E-state index in [1.54, 1.807) is 0 Å². The van der Waals surface area contributed by atoms with Crippen LogP contribution in [0.1, 0.15) is 44.1 Å². The summed E-state index contributed by atoms with van der Waals surface area (Å²) in [6, 6.07) is 8.45. The normalized spacial score (nSPS) is 17.2. The summed E-state index contributed by atoms with van der Waals surface area (Å²) in [5, 5.41) is 3.56. The van der Waals surface area contributed by atoms with Crippen LogP contribution < -0.4 is 5.32 Å². The van der Waals surface area contributed by atoms with Crippen molar-refractivity contribution < 1.29 is 0 Å². The molecule has 1 aromatic rings. The molecule has 0 radical (unpaired) electrons. The van der Waals surface area contributed by atoms with E-state index in [2.05, 4.69) is 45.5 Å². The predicted octanol–water partition coefficient (Wildman–Crippen LogP) is 4.51. The molecule has 94 valence electrons. The van der Waals surface area contributed by atoms with Gasteiger partial charge in [0, 0.05) is 11.0 Å². The second kappa shape index (κ2) is 7.17. The van der Waals surface area contributed by atoms with E-state index in [-0.39, 0.29) is 0 Å². The van der Waals surface area contributed by atoms with Gasteiger partial charge in [0.1, 0.15) is 0 Å². The molecule has 0 amide bonds. The molecule has 1 aromatic carbocycles. The van der Waals surface area contributed by atoms with Crippen molar-refractivity contribution in [1.29, 1.82) is 0 Å². The van der Waals surface area contributed by atoms with Crippen LogP contribution in [0.4, 0.5) is 0 Å². The average Bonchev–Trinajstić information content (AvgIpc) is 2.38. The molecular formula is C15H22BrN. The lowest BCUT2D eigenvalue weighted by molar-refractivity contribution is 0.334. The fraction of sp³-hybridized carbons (Fsp3) is 0.600. The Kier molecular flexibility index (Phi) is 5.53. The first-order valence-electron chi connectivity index (χ1n) is 6.80. The first-order chi connectivity index (χ1) is 8.36. The Hall–Kier alpha value is -0.340. The van der Waals surface area contributed by atoms with Gasteiger partial charge in [-0.1, -0.05) is 66.2 Å². The minimum Gasteiger partial charge on any atom is -0.313 e. The summed E-state index contributed by atoms with van der Waals surface area (Å²) in [5.41, 5.74) is 1.36. The minimum absolute atomic E-state index is 0.980. The number of hydrogen-bond acceptors (Lipinski definition) is 1. The van der Waals surface area contributed by atoms with Gasteiger partial charge in [-0.3, -0.25) is 0 Å². The third-order valence-corrected chi connectivity index (χ3v) is 4.50. The van der Waals surface area contributed by atoms with Crippen LogP contribution >= 0.6 is 15.9 Å². The Morgan fingerprint density at radius 2 is 1.88 bits per heavy atom. The fourth-order valence-corrected chi connectivity index (χ4v) is 3.07. The van der Waals surface area contributed by atoms with Gasteiger partial charge in [-0.2, -0.15) is 0 Å². The van der Waals surface area contributed by atoms with Gasteiger partial charge in [0.05, 0.1) is 0 Å². The van der Waals surface area contributed by atoms with Crippen molar-refractivity contribution in [3.8, 4) is 0 Å². The van der Waals surface area contributed by atoms with E-state index in [9.17, 15) is 0 Å². The second-order valence-electron chi connectivity index (χ2n) is 5.06. The summed E-state index contributed by atoms with van der Waals surface area (Å²) < 4.78 is 1.21. The van der Waals surface area contributed by atoms with Gasteiger partial charge in [-0.05, 0) is 30.5 Å². The largest absolute Gasteiger partial charge is 0.313 e. The van der Waals surface area contributed by atoms with Gasteiger partial charge in [0.2, 0.25) is 0 Å². The van der Waals surface area contributed by atoms with E-state index in [1.165, 1.54) is 48.6 Å². The Bertz CT molecular complexity index is 331. The van der Waals surface area contributed by atoms with E-state index in [0.717, 1.165) is 19.0 Å². The smallest absolute Gasteiger partial charge is 0.0220 e. The topological polar surface area (TPSA) is 12.0 Å². The number of rotatable bonds is 5. The Morgan fingerprint density at radius 1 is 1.12 bits per heavy atom. The van der Waals surface area contributed by atoms with Crippen molar-refractivity contribution in [2.24, 2.45) is 5.92 Å². The zero-order valence-corrected chi connectivity index (χ0v) is 12.0. The van der Waals surface area contributed by atoms with Crippen LogP contribution in [-0.4, -0.2) is 6.54 Å². The molecule has 2 rings (SSSR count). The van der Waals surface area contributed by atoms with Crippen LogP contribution in [0, 0.1) is 5.92 Å². The summed E-state index contributed by atoms with van der Waals surface area (Å²) in [6.45, 7) is 2.14. The molecule has 0 spiro atoms. The van der Waals surface area contributed by atoms with E-state index in [4.69, 9.17) is 0 Å². The molecule has 2 heteroatoms. The maximum atomic E-state index is 3.58. The average molecular weight is 296 g/mol. The number of nitrogens with one attached hydrogen (secondary N) is 1. The predicted molar refractivity (Wildman–Crippen MR) is 77.0 cm³/mol. The summed E-state index contributed by atoms with van der Waals surface area (Å²) in [7, 11) is 0. The molecule has 0 bridgehead atoms.